The molecule has 19 heavy (non-hydrogen) atoms. The quantitative estimate of drug-likeness (QED) is 0.841. The number of hydrogen-bond donors (Lipinski definition) is 2. The number of aliphatic carboxylic acids is 1. The van der Waals surface area contributed by atoms with E-state index in [4.69, 9.17) is 23.2 Å². The van der Waals surface area contributed by atoms with Crippen LogP contribution in [0, 0.1) is 0 Å². The molecule has 5 nitrogen and oxygen atoms in total. The van der Waals surface area contributed by atoms with E-state index in [2.05, 4.69) is 10.3 Å². The molecule has 1 aromatic rings. The number of hydrogen-bond acceptors (Lipinski definition) is 3. The number of carbonyl (C=O) groups excluding carboxylic acids is 1. The summed E-state index contributed by atoms with van der Waals surface area (Å²) in [4.78, 5) is 27.3. The summed E-state index contributed by atoms with van der Waals surface area (Å²) in [6, 6.07) is 2.91. The molecule has 0 aromatic carbocycles. The third-order valence-electron chi connectivity index (χ3n) is 3.25. The number of carbonyl (C=O) groups is 2. The zero-order chi connectivity index (χ0) is 14.0. The van der Waals surface area contributed by atoms with Crippen LogP contribution >= 0.6 is 23.2 Å². The van der Waals surface area contributed by atoms with Crippen LogP contribution in [0.25, 0.3) is 0 Å². The number of rotatable bonds is 3. The Balaban J connectivity index is 2.25. The van der Waals surface area contributed by atoms with Crippen molar-refractivity contribution >= 4 is 35.1 Å². The largest absolute Gasteiger partial charge is 0.480 e. The van der Waals surface area contributed by atoms with Gasteiger partial charge in [0.15, 0.2) is 0 Å². The van der Waals surface area contributed by atoms with Crippen molar-refractivity contribution in [1.82, 2.24) is 10.3 Å². The number of aromatic nitrogens is 1. The Morgan fingerprint density at radius 2 is 1.89 bits per heavy atom. The maximum absolute atomic E-state index is 12.1. The van der Waals surface area contributed by atoms with E-state index in [1.54, 1.807) is 0 Å². The normalized spacial score (nSPS) is 17.2. The smallest absolute Gasteiger partial charge is 0.329 e. The van der Waals surface area contributed by atoms with E-state index in [9.17, 15) is 14.7 Å². The molecule has 0 saturated heterocycles. The molecule has 1 aromatic heterocycles. The Hall–Kier alpha value is -1.33. The average Bonchev–Trinajstić information content (AvgIpc) is 2.82. The van der Waals surface area contributed by atoms with Crippen LogP contribution in [-0.4, -0.2) is 27.5 Å². The van der Waals surface area contributed by atoms with Crippen molar-refractivity contribution in [2.75, 3.05) is 0 Å². The molecule has 2 rings (SSSR count). The topological polar surface area (TPSA) is 79.3 Å². The lowest BCUT2D eigenvalue weighted by molar-refractivity contribution is -0.144. The van der Waals surface area contributed by atoms with Crippen LogP contribution in [0.2, 0.25) is 10.2 Å². The van der Waals surface area contributed by atoms with Crippen molar-refractivity contribution < 1.29 is 14.7 Å². The summed E-state index contributed by atoms with van der Waals surface area (Å²) in [6.45, 7) is 0. The van der Waals surface area contributed by atoms with Crippen LogP contribution < -0.4 is 5.32 Å². The van der Waals surface area contributed by atoms with E-state index in [-0.39, 0.29) is 15.9 Å². The highest BCUT2D eigenvalue weighted by molar-refractivity contribution is 6.34. The van der Waals surface area contributed by atoms with Crippen LogP contribution in [0.5, 0.6) is 0 Å². The van der Waals surface area contributed by atoms with E-state index in [0.29, 0.717) is 12.8 Å². The first kappa shape index (κ1) is 14.1. The Bertz CT molecular complexity index is 528. The SMILES string of the molecule is O=C(NC1(C(=O)O)CCCC1)c1nc(Cl)ccc1Cl. The third-order valence-corrected chi connectivity index (χ3v) is 3.76. The number of pyridine rings is 1. The Labute approximate surface area is 119 Å². The Kier molecular flexibility index (Phi) is 3.96. The van der Waals surface area contributed by atoms with E-state index >= 15 is 0 Å². The molecule has 1 saturated carbocycles. The summed E-state index contributed by atoms with van der Waals surface area (Å²) >= 11 is 11.6. The van der Waals surface area contributed by atoms with Crippen molar-refractivity contribution in [2.45, 2.75) is 31.2 Å². The van der Waals surface area contributed by atoms with Gasteiger partial charge in [0.1, 0.15) is 16.4 Å². The highest BCUT2D eigenvalue weighted by Crippen LogP contribution is 2.30. The molecule has 7 heteroatoms. The molecule has 0 radical (unpaired) electrons. The van der Waals surface area contributed by atoms with Crippen molar-refractivity contribution in [3.8, 4) is 0 Å². The number of carboxylic acids is 1. The molecule has 0 unspecified atom stereocenters. The molecular formula is C12H12Cl2N2O3. The lowest BCUT2D eigenvalue weighted by atomic mass is 9.97. The van der Waals surface area contributed by atoms with Crippen molar-refractivity contribution in [3.05, 3.63) is 28.0 Å². The maximum Gasteiger partial charge on any atom is 0.329 e. The number of nitrogens with zero attached hydrogens (tertiary/aromatic N) is 1. The van der Waals surface area contributed by atoms with Gasteiger partial charge < -0.3 is 10.4 Å². The second-order valence-corrected chi connectivity index (χ2v) is 5.31. The monoisotopic (exact) mass is 302 g/mol. The first-order valence-corrected chi connectivity index (χ1v) is 6.58. The minimum Gasteiger partial charge on any atom is -0.480 e. The summed E-state index contributed by atoms with van der Waals surface area (Å²) in [5.41, 5.74) is -1.27. The molecule has 0 bridgehead atoms. The maximum atomic E-state index is 12.1. The van der Waals surface area contributed by atoms with E-state index in [0.717, 1.165) is 12.8 Å². The van der Waals surface area contributed by atoms with E-state index < -0.39 is 17.4 Å². The Morgan fingerprint density at radius 1 is 1.26 bits per heavy atom. The van der Waals surface area contributed by atoms with Gasteiger partial charge in [-0.15, -0.1) is 0 Å². The van der Waals surface area contributed by atoms with Gasteiger partial charge in [0, 0.05) is 0 Å². The second-order valence-electron chi connectivity index (χ2n) is 4.51. The summed E-state index contributed by atoms with van der Waals surface area (Å²) in [6.07, 6.45) is 2.35. The number of carboxylic acid groups (broad SMARTS) is 1. The van der Waals surface area contributed by atoms with Crippen molar-refractivity contribution in [3.63, 3.8) is 0 Å². The van der Waals surface area contributed by atoms with Crippen molar-refractivity contribution in [1.29, 1.82) is 0 Å². The molecule has 0 aliphatic heterocycles. The predicted molar refractivity (Wildman–Crippen MR) is 70.6 cm³/mol. The minimum absolute atomic E-state index is 0.0540. The van der Waals surface area contributed by atoms with E-state index in [1.165, 1.54) is 12.1 Å². The molecule has 0 spiro atoms. The fourth-order valence-corrected chi connectivity index (χ4v) is 2.56. The summed E-state index contributed by atoms with van der Waals surface area (Å²) < 4.78 is 0. The van der Waals surface area contributed by atoms with Crippen molar-refractivity contribution in [2.24, 2.45) is 0 Å². The standard InChI is InChI=1S/C12H12Cl2N2O3/c13-7-3-4-8(14)15-9(7)10(17)16-12(11(18)19)5-1-2-6-12/h3-4H,1-2,5-6H2,(H,16,17)(H,18,19). The molecule has 102 valence electrons. The zero-order valence-electron chi connectivity index (χ0n) is 9.95. The molecule has 1 fully saturated rings. The lowest BCUT2D eigenvalue weighted by Crippen LogP contribution is -2.52. The second kappa shape index (κ2) is 5.35. The average molecular weight is 303 g/mol. The van der Waals surface area contributed by atoms with Crippen LogP contribution in [-0.2, 0) is 4.79 Å². The van der Waals surface area contributed by atoms with Gasteiger partial charge in [0.2, 0.25) is 0 Å². The van der Waals surface area contributed by atoms with Gasteiger partial charge in [-0.3, -0.25) is 4.79 Å². The lowest BCUT2D eigenvalue weighted by Gasteiger charge is -2.25. The molecule has 1 amide bonds. The summed E-state index contributed by atoms with van der Waals surface area (Å²) in [5, 5.41) is 12.1. The highest BCUT2D eigenvalue weighted by Gasteiger charge is 2.43. The van der Waals surface area contributed by atoms with Crippen LogP contribution in [0.1, 0.15) is 36.2 Å². The first-order chi connectivity index (χ1) is 8.94. The van der Waals surface area contributed by atoms with Gasteiger partial charge >= 0.3 is 5.97 Å². The van der Waals surface area contributed by atoms with Gasteiger partial charge in [0.25, 0.3) is 5.91 Å². The third kappa shape index (κ3) is 2.82. The van der Waals surface area contributed by atoms with Crippen LogP contribution in [0.4, 0.5) is 0 Å². The summed E-state index contributed by atoms with van der Waals surface area (Å²) in [5.74, 6) is -1.65. The molecular weight excluding hydrogens is 291 g/mol. The fraction of sp³-hybridized carbons (Fsp3) is 0.417. The minimum atomic E-state index is -1.22. The zero-order valence-corrected chi connectivity index (χ0v) is 11.5. The Morgan fingerprint density at radius 3 is 2.47 bits per heavy atom. The van der Waals surface area contributed by atoms with E-state index in [1.807, 2.05) is 0 Å². The van der Waals surface area contributed by atoms with Gasteiger partial charge in [-0.1, -0.05) is 36.0 Å². The van der Waals surface area contributed by atoms with Gasteiger partial charge in [-0.25, -0.2) is 9.78 Å². The van der Waals surface area contributed by atoms with Gasteiger partial charge in [0.05, 0.1) is 5.02 Å². The molecule has 1 heterocycles. The highest BCUT2D eigenvalue weighted by atomic mass is 35.5. The van der Waals surface area contributed by atoms with Crippen LogP contribution in [0.3, 0.4) is 0 Å². The van der Waals surface area contributed by atoms with Crippen LogP contribution in [0.15, 0.2) is 12.1 Å². The number of halogens is 2. The predicted octanol–water partition coefficient (Wildman–Crippen LogP) is 2.52. The number of amides is 1. The molecule has 0 atom stereocenters. The molecule has 2 N–H and O–H groups in total. The molecule has 1 aliphatic rings. The van der Waals surface area contributed by atoms with Gasteiger partial charge in [-0.05, 0) is 25.0 Å². The summed E-state index contributed by atoms with van der Waals surface area (Å²) in [7, 11) is 0. The van der Waals surface area contributed by atoms with Gasteiger partial charge in [-0.2, -0.15) is 0 Å². The first-order valence-electron chi connectivity index (χ1n) is 5.82. The molecule has 1 aliphatic carbocycles. The fourth-order valence-electron chi connectivity index (χ4n) is 2.22. The number of nitrogens with one attached hydrogen (secondary N) is 1.